The van der Waals surface area contributed by atoms with Gasteiger partial charge in [-0.2, -0.15) is 4.72 Å². The van der Waals surface area contributed by atoms with E-state index in [2.05, 4.69) is 4.72 Å². The van der Waals surface area contributed by atoms with Crippen LogP contribution in [0.3, 0.4) is 0 Å². The topological polar surface area (TPSA) is 139 Å². The number of likely N-dealkylation sites (tertiary alicyclic amines) is 1. The van der Waals surface area contributed by atoms with Gasteiger partial charge in [-0.25, -0.2) is 8.42 Å². The molecule has 1 aromatic rings. The van der Waals surface area contributed by atoms with E-state index >= 15 is 0 Å². The van der Waals surface area contributed by atoms with Gasteiger partial charge in [-0.3, -0.25) is 14.4 Å². The summed E-state index contributed by atoms with van der Waals surface area (Å²) in [6.07, 6.45) is 4.42. The predicted octanol–water partition coefficient (Wildman–Crippen LogP) is 0.745. The van der Waals surface area contributed by atoms with Crippen molar-refractivity contribution in [1.82, 2.24) is 9.62 Å². The average Bonchev–Trinajstić information content (AvgIpc) is 2.77. The fourth-order valence-corrected chi connectivity index (χ4v) is 5.58. The van der Waals surface area contributed by atoms with Gasteiger partial charge in [-0.05, 0) is 51.2 Å². The van der Waals surface area contributed by atoms with E-state index in [4.69, 9.17) is 10.5 Å². The first kappa shape index (κ1) is 24.0. The summed E-state index contributed by atoms with van der Waals surface area (Å²) in [5.41, 5.74) is 5.74. The zero-order valence-electron chi connectivity index (χ0n) is 18.4. The third kappa shape index (κ3) is 4.88. The van der Waals surface area contributed by atoms with E-state index in [0.29, 0.717) is 25.2 Å². The number of anilines is 1. The number of methoxy groups -OCH3 is 1. The molecule has 1 unspecified atom stereocenters. The van der Waals surface area contributed by atoms with E-state index in [1.165, 1.54) is 29.0 Å². The lowest BCUT2D eigenvalue weighted by Gasteiger charge is -2.35. The lowest BCUT2D eigenvalue weighted by Crippen LogP contribution is -2.57. The van der Waals surface area contributed by atoms with Crippen LogP contribution in [-0.4, -0.2) is 63.3 Å². The van der Waals surface area contributed by atoms with Gasteiger partial charge in [0.1, 0.15) is 4.90 Å². The van der Waals surface area contributed by atoms with Gasteiger partial charge in [0.15, 0.2) is 11.8 Å². The maximum absolute atomic E-state index is 13.2. The van der Waals surface area contributed by atoms with Crippen molar-refractivity contribution in [2.24, 2.45) is 5.73 Å². The van der Waals surface area contributed by atoms with Gasteiger partial charge in [0.2, 0.25) is 21.8 Å². The number of benzene rings is 1. The van der Waals surface area contributed by atoms with Crippen molar-refractivity contribution in [3.63, 3.8) is 0 Å². The molecule has 0 spiro atoms. The minimum Gasteiger partial charge on any atom is -0.493 e. The second kappa shape index (κ2) is 9.86. The van der Waals surface area contributed by atoms with Crippen LogP contribution in [0, 0.1) is 0 Å². The number of primary amides is 1. The zero-order chi connectivity index (χ0) is 23.5. The van der Waals surface area contributed by atoms with Gasteiger partial charge >= 0.3 is 0 Å². The third-order valence-electron chi connectivity index (χ3n) is 5.96. The molecule has 2 aliphatic rings. The SMILES string of the molecule is COc1c(N2CCCCC2=O)cccc1S(=O)(=O)N[C@@H](C(N)=O)C(=O)N1CCCCC1C. The number of nitrogens with one attached hydrogen (secondary N) is 1. The molecule has 2 heterocycles. The highest BCUT2D eigenvalue weighted by Crippen LogP contribution is 2.36. The summed E-state index contributed by atoms with van der Waals surface area (Å²) >= 11 is 0. The van der Waals surface area contributed by atoms with Crippen LogP contribution in [0.15, 0.2) is 23.1 Å². The summed E-state index contributed by atoms with van der Waals surface area (Å²) in [6.45, 7) is 2.73. The lowest BCUT2D eigenvalue weighted by molar-refractivity contribution is -0.140. The fraction of sp³-hybridized carbons (Fsp3) is 0.571. The molecule has 0 saturated carbocycles. The molecule has 176 valence electrons. The number of piperidine rings is 2. The number of sulfonamides is 1. The highest BCUT2D eigenvalue weighted by molar-refractivity contribution is 7.89. The Labute approximate surface area is 188 Å². The summed E-state index contributed by atoms with van der Waals surface area (Å²) in [6, 6.07) is 2.52. The molecule has 3 rings (SSSR count). The summed E-state index contributed by atoms with van der Waals surface area (Å²) < 4.78 is 34.0. The number of hydrogen-bond acceptors (Lipinski definition) is 6. The molecular formula is C21H30N4O6S. The molecule has 0 bridgehead atoms. The number of carbonyl (C=O) groups excluding carboxylic acids is 3. The standard InChI is InChI=1S/C21H30N4O6S/c1-14-8-3-5-12-24(14)21(28)18(20(22)27)23-32(29,30)16-10-7-9-15(19(16)31-2)25-13-6-4-11-17(25)26/h7,9-10,14,18,23H,3-6,8,11-13H2,1-2H3,(H2,22,27)/t14?,18-/m0/s1. The van der Waals surface area contributed by atoms with Gasteiger partial charge in [0, 0.05) is 25.6 Å². The normalized spacial score (nSPS) is 20.7. The molecule has 2 fully saturated rings. The Balaban J connectivity index is 1.94. The van der Waals surface area contributed by atoms with Crippen LogP contribution in [0.2, 0.25) is 0 Å². The van der Waals surface area contributed by atoms with Crippen LogP contribution in [0.5, 0.6) is 5.75 Å². The number of hydrogen-bond donors (Lipinski definition) is 2. The third-order valence-corrected chi connectivity index (χ3v) is 7.40. The number of rotatable bonds is 7. The molecule has 2 saturated heterocycles. The Hall–Kier alpha value is -2.66. The second-order valence-corrected chi connectivity index (χ2v) is 9.83. The van der Waals surface area contributed by atoms with Gasteiger partial charge in [0.25, 0.3) is 5.91 Å². The van der Waals surface area contributed by atoms with Crippen molar-refractivity contribution >= 4 is 33.4 Å². The Bertz CT molecular complexity index is 996. The Kier molecular flexibility index (Phi) is 7.40. The minimum atomic E-state index is -4.39. The van der Waals surface area contributed by atoms with Gasteiger partial charge in [-0.1, -0.05) is 6.07 Å². The van der Waals surface area contributed by atoms with Crippen LogP contribution in [-0.2, 0) is 24.4 Å². The van der Waals surface area contributed by atoms with Crippen molar-refractivity contribution in [3.8, 4) is 5.75 Å². The smallest absolute Gasteiger partial charge is 0.250 e. The highest BCUT2D eigenvalue weighted by Gasteiger charge is 2.37. The van der Waals surface area contributed by atoms with Crippen molar-refractivity contribution in [3.05, 3.63) is 18.2 Å². The van der Waals surface area contributed by atoms with Crippen molar-refractivity contribution in [1.29, 1.82) is 0 Å². The fourth-order valence-electron chi connectivity index (χ4n) is 4.23. The summed E-state index contributed by atoms with van der Waals surface area (Å²) in [5, 5.41) is 0. The molecule has 11 heteroatoms. The summed E-state index contributed by atoms with van der Waals surface area (Å²) in [4.78, 5) is 40.1. The van der Waals surface area contributed by atoms with E-state index < -0.39 is 27.9 Å². The molecule has 1 aromatic carbocycles. The Morgan fingerprint density at radius 1 is 1.19 bits per heavy atom. The minimum absolute atomic E-state index is 0.0303. The van der Waals surface area contributed by atoms with Gasteiger partial charge < -0.3 is 20.3 Å². The quantitative estimate of drug-likeness (QED) is 0.569. The number of nitrogens with zero attached hydrogens (tertiary/aromatic N) is 2. The molecule has 0 aromatic heterocycles. The molecule has 10 nitrogen and oxygen atoms in total. The van der Waals surface area contributed by atoms with Crippen LogP contribution >= 0.6 is 0 Å². The average molecular weight is 467 g/mol. The highest BCUT2D eigenvalue weighted by atomic mass is 32.2. The monoisotopic (exact) mass is 466 g/mol. The van der Waals surface area contributed by atoms with Gasteiger partial charge in [-0.15, -0.1) is 0 Å². The van der Waals surface area contributed by atoms with Crippen molar-refractivity contribution in [2.75, 3.05) is 25.1 Å². The van der Waals surface area contributed by atoms with Crippen LogP contribution in [0.4, 0.5) is 5.69 Å². The number of amides is 3. The van der Waals surface area contributed by atoms with Crippen LogP contribution < -0.4 is 20.1 Å². The van der Waals surface area contributed by atoms with E-state index in [1.54, 1.807) is 6.07 Å². The van der Waals surface area contributed by atoms with Gasteiger partial charge in [0.05, 0.1) is 12.8 Å². The molecular weight excluding hydrogens is 436 g/mol. The molecule has 32 heavy (non-hydrogen) atoms. The summed E-state index contributed by atoms with van der Waals surface area (Å²) in [5.74, 6) is -1.91. The molecule has 2 aliphatic heterocycles. The van der Waals surface area contributed by atoms with Crippen LogP contribution in [0.25, 0.3) is 0 Å². The Morgan fingerprint density at radius 3 is 2.53 bits per heavy atom. The lowest BCUT2D eigenvalue weighted by atomic mass is 10.0. The van der Waals surface area contributed by atoms with E-state index in [-0.39, 0.29) is 22.6 Å². The summed E-state index contributed by atoms with van der Waals surface area (Å²) in [7, 11) is -3.08. The van der Waals surface area contributed by atoms with E-state index in [1.807, 2.05) is 6.92 Å². The molecule has 0 radical (unpaired) electrons. The Morgan fingerprint density at radius 2 is 1.91 bits per heavy atom. The molecule has 3 N–H and O–H groups in total. The largest absolute Gasteiger partial charge is 0.493 e. The van der Waals surface area contributed by atoms with Crippen LogP contribution in [0.1, 0.15) is 45.4 Å². The number of nitrogens with two attached hydrogens (primary N) is 1. The maximum atomic E-state index is 13.2. The molecule has 0 aliphatic carbocycles. The molecule has 2 atom stereocenters. The first-order valence-corrected chi connectivity index (χ1v) is 12.2. The zero-order valence-corrected chi connectivity index (χ0v) is 19.2. The predicted molar refractivity (Wildman–Crippen MR) is 118 cm³/mol. The first-order valence-electron chi connectivity index (χ1n) is 10.8. The van der Waals surface area contributed by atoms with Crippen molar-refractivity contribution < 1.29 is 27.5 Å². The molecule has 3 amide bonds. The van der Waals surface area contributed by atoms with E-state index in [0.717, 1.165) is 32.1 Å². The number of ether oxygens (including phenoxy) is 1. The van der Waals surface area contributed by atoms with Crippen molar-refractivity contribution in [2.45, 2.75) is 62.4 Å². The number of carbonyl (C=O) groups is 3. The first-order chi connectivity index (χ1) is 15.2. The number of para-hydroxylation sites is 1. The second-order valence-electron chi connectivity index (χ2n) is 8.14. The maximum Gasteiger partial charge on any atom is 0.250 e. The van der Waals surface area contributed by atoms with E-state index in [9.17, 15) is 22.8 Å².